The molecule has 1 fully saturated rings. The number of pyridine rings is 1. The summed E-state index contributed by atoms with van der Waals surface area (Å²) in [6.45, 7) is 5.92. The van der Waals surface area contributed by atoms with Crippen LogP contribution >= 0.6 is 11.6 Å². The maximum atomic E-state index is 6.43. The van der Waals surface area contributed by atoms with E-state index in [0.29, 0.717) is 10.8 Å². The normalized spacial score (nSPS) is 23.1. The van der Waals surface area contributed by atoms with Gasteiger partial charge in [-0.2, -0.15) is 4.98 Å². The quantitative estimate of drug-likeness (QED) is 0.291. The van der Waals surface area contributed by atoms with Crippen LogP contribution in [0.3, 0.4) is 0 Å². The lowest BCUT2D eigenvalue weighted by atomic mass is 10.0. The Balaban J connectivity index is 1.22. The van der Waals surface area contributed by atoms with Crippen molar-refractivity contribution in [3.63, 3.8) is 0 Å². The highest BCUT2D eigenvalue weighted by Crippen LogP contribution is 2.45. The lowest BCUT2D eigenvalue weighted by molar-refractivity contribution is -0.147. The molecule has 1 aliphatic carbocycles. The highest BCUT2D eigenvalue weighted by atomic mass is 35.5. The van der Waals surface area contributed by atoms with Gasteiger partial charge in [-0.15, -0.1) is 0 Å². The number of halogens is 1. The van der Waals surface area contributed by atoms with E-state index in [0.717, 1.165) is 40.5 Å². The van der Waals surface area contributed by atoms with Gasteiger partial charge in [-0.1, -0.05) is 29.8 Å². The van der Waals surface area contributed by atoms with Crippen molar-refractivity contribution >= 4 is 39.3 Å². The summed E-state index contributed by atoms with van der Waals surface area (Å²) in [5.74, 6) is 0.0512. The Hall–Kier alpha value is -3.26. The lowest BCUT2D eigenvalue weighted by Gasteiger charge is -2.22. The summed E-state index contributed by atoms with van der Waals surface area (Å²) in [4.78, 5) is 13.9. The van der Waals surface area contributed by atoms with E-state index in [1.807, 2.05) is 37.4 Å². The van der Waals surface area contributed by atoms with Gasteiger partial charge in [-0.3, -0.25) is 9.38 Å². The lowest BCUT2D eigenvalue weighted by Crippen LogP contribution is -2.27. The molecule has 0 bridgehead atoms. The predicted molar refractivity (Wildman–Crippen MR) is 139 cm³/mol. The van der Waals surface area contributed by atoms with E-state index in [9.17, 15) is 0 Å². The molecular weight excluding hydrogens is 474 g/mol. The van der Waals surface area contributed by atoms with Crippen LogP contribution in [0.5, 0.6) is 0 Å². The molecule has 1 aromatic carbocycles. The van der Waals surface area contributed by atoms with Gasteiger partial charge in [0, 0.05) is 35.6 Å². The van der Waals surface area contributed by atoms with Crippen molar-refractivity contribution in [2.24, 2.45) is 0 Å². The first-order valence-electron chi connectivity index (χ1n) is 12.3. The molecule has 0 N–H and O–H groups in total. The minimum Gasteiger partial charge on any atom is -0.342 e. The first-order valence-corrected chi connectivity index (χ1v) is 12.6. The van der Waals surface area contributed by atoms with Gasteiger partial charge < -0.3 is 14.0 Å². The molecule has 182 valence electrons. The average Bonchev–Trinajstić information content (AvgIpc) is 3.59. The molecule has 7 nitrogen and oxygen atoms in total. The Morgan fingerprint density at radius 2 is 1.92 bits per heavy atom. The van der Waals surface area contributed by atoms with E-state index in [1.54, 1.807) is 6.20 Å². The zero-order valence-corrected chi connectivity index (χ0v) is 21.1. The topological polar surface area (TPSA) is 66.5 Å². The van der Waals surface area contributed by atoms with Gasteiger partial charge in [0.1, 0.15) is 17.9 Å². The molecule has 1 saturated heterocycles. The van der Waals surface area contributed by atoms with Crippen LogP contribution in [0.4, 0.5) is 0 Å². The first-order chi connectivity index (χ1) is 17.3. The van der Waals surface area contributed by atoms with Gasteiger partial charge in [0.05, 0.1) is 22.3 Å². The van der Waals surface area contributed by atoms with Gasteiger partial charge >= 0.3 is 0 Å². The molecule has 0 radical (unpaired) electrons. The van der Waals surface area contributed by atoms with Crippen molar-refractivity contribution in [2.75, 3.05) is 0 Å². The number of hydrogen-bond donors (Lipinski definition) is 0. The molecule has 3 atom stereocenters. The number of aryl methyl sites for hydroxylation is 2. The Morgan fingerprint density at radius 3 is 2.81 bits per heavy atom. The zero-order chi connectivity index (χ0) is 24.6. The molecule has 1 aliphatic heterocycles. The predicted octanol–water partition coefficient (Wildman–Crippen LogP) is 5.83. The molecule has 0 spiro atoms. The Bertz CT molecular complexity index is 1680. The van der Waals surface area contributed by atoms with Gasteiger partial charge in [0.2, 0.25) is 5.78 Å². The molecule has 8 heteroatoms. The van der Waals surface area contributed by atoms with Crippen molar-refractivity contribution in [3.05, 3.63) is 83.0 Å². The summed E-state index contributed by atoms with van der Waals surface area (Å²) >= 11 is 6.26. The fourth-order valence-corrected chi connectivity index (χ4v) is 5.74. The molecule has 36 heavy (non-hydrogen) atoms. The Labute approximate surface area is 213 Å². The molecule has 0 saturated carbocycles. The second kappa shape index (κ2) is 7.87. The smallest absolute Gasteiger partial charge is 0.235 e. The van der Waals surface area contributed by atoms with Crippen LogP contribution in [-0.4, -0.2) is 41.9 Å². The van der Waals surface area contributed by atoms with Gasteiger partial charge in [0.15, 0.2) is 5.79 Å². The number of imidazole rings is 1. The summed E-state index contributed by atoms with van der Waals surface area (Å²) in [6, 6.07) is 10.5. The minimum absolute atomic E-state index is 0.00255. The van der Waals surface area contributed by atoms with Crippen molar-refractivity contribution < 1.29 is 9.47 Å². The maximum Gasteiger partial charge on any atom is 0.235 e. The molecule has 5 aromatic rings. The summed E-state index contributed by atoms with van der Waals surface area (Å²) < 4.78 is 17.0. The Morgan fingerprint density at radius 1 is 1.03 bits per heavy atom. The molecular formula is C28H26ClN5O2. The third-order valence-electron chi connectivity index (χ3n) is 7.30. The number of aromatic nitrogens is 5. The van der Waals surface area contributed by atoms with Crippen LogP contribution in [0, 0.1) is 6.92 Å². The summed E-state index contributed by atoms with van der Waals surface area (Å²) in [5.41, 5.74) is 5.23. The fraction of sp³-hybridized carbons (Fsp3) is 0.321. The Kier molecular flexibility index (Phi) is 4.80. The van der Waals surface area contributed by atoms with Crippen LogP contribution in [0.1, 0.15) is 37.6 Å². The van der Waals surface area contributed by atoms with E-state index < -0.39 is 5.79 Å². The molecule has 2 aliphatic rings. The number of rotatable bonds is 4. The van der Waals surface area contributed by atoms with Crippen molar-refractivity contribution in [1.82, 2.24) is 23.9 Å². The van der Waals surface area contributed by atoms with E-state index >= 15 is 0 Å². The summed E-state index contributed by atoms with van der Waals surface area (Å²) in [7, 11) is 0. The highest BCUT2D eigenvalue weighted by molar-refractivity contribution is 6.31. The number of benzene rings is 1. The van der Waals surface area contributed by atoms with Crippen LogP contribution < -0.4 is 0 Å². The van der Waals surface area contributed by atoms with E-state index in [1.165, 1.54) is 11.1 Å². The fourth-order valence-electron chi connectivity index (χ4n) is 5.58. The molecule has 4 aromatic heterocycles. The van der Waals surface area contributed by atoms with Crippen LogP contribution in [0.15, 0.2) is 66.8 Å². The van der Waals surface area contributed by atoms with Crippen LogP contribution in [-0.2, 0) is 15.9 Å². The number of nitrogens with zero attached hydrogens (tertiary/aromatic N) is 5. The monoisotopic (exact) mass is 499 g/mol. The largest absolute Gasteiger partial charge is 0.342 e. The minimum atomic E-state index is -0.635. The second-order valence-electron chi connectivity index (χ2n) is 10.2. The number of ether oxygens (including phenoxy) is 2. The summed E-state index contributed by atoms with van der Waals surface area (Å²) in [6.07, 6.45) is 11.7. The number of fused-ring (bicyclic) bond motifs is 4. The standard InChI is InChI=1S/C28H26ClN5O2/c1-16-21(29)13-18-6-4-17(12-22(18)31-16)5-7-19-14-23(25-24(19)35-28(2,3)36-25)34-10-8-20-15-33-11-9-30-27(33)32-26(20)34/h4,6,8-15,23-25H,5,7H2,1-3H3/t23-,24-,25+/m1/s1. The summed E-state index contributed by atoms with van der Waals surface area (Å²) in [5, 5.41) is 2.82. The molecule has 0 amide bonds. The van der Waals surface area contributed by atoms with E-state index in [2.05, 4.69) is 57.3 Å². The SMILES string of the molecule is Cc1nc2cc(CCC3=C[C@@H](n4ccc5cn6ccnc6nc54)[C@@H]4OC(C)(C)O[C@H]34)ccc2cc1Cl. The van der Waals surface area contributed by atoms with E-state index in [-0.39, 0.29) is 18.2 Å². The van der Waals surface area contributed by atoms with Crippen molar-refractivity contribution in [3.8, 4) is 0 Å². The van der Waals surface area contributed by atoms with Crippen LogP contribution in [0.25, 0.3) is 27.7 Å². The van der Waals surface area contributed by atoms with Crippen LogP contribution in [0.2, 0.25) is 5.02 Å². The second-order valence-corrected chi connectivity index (χ2v) is 10.6. The van der Waals surface area contributed by atoms with Crippen molar-refractivity contribution in [2.45, 2.75) is 57.6 Å². The average molecular weight is 500 g/mol. The van der Waals surface area contributed by atoms with E-state index in [4.69, 9.17) is 26.1 Å². The molecule has 7 rings (SSSR count). The van der Waals surface area contributed by atoms with Crippen molar-refractivity contribution in [1.29, 1.82) is 0 Å². The third kappa shape index (κ3) is 3.53. The molecule has 0 unspecified atom stereocenters. The first kappa shape index (κ1) is 22.0. The van der Waals surface area contributed by atoms with Gasteiger partial charge in [-0.05, 0) is 62.9 Å². The van der Waals surface area contributed by atoms with Gasteiger partial charge in [0.25, 0.3) is 0 Å². The molecule has 5 heterocycles. The maximum absolute atomic E-state index is 6.43. The highest BCUT2D eigenvalue weighted by Gasteiger charge is 2.50. The zero-order valence-electron chi connectivity index (χ0n) is 20.4. The number of hydrogen-bond acceptors (Lipinski definition) is 5. The van der Waals surface area contributed by atoms with Gasteiger partial charge in [-0.25, -0.2) is 4.98 Å². The third-order valence-corrected chi connectivity index (χ3v) is 7.68.